The third kappa shape index (κ3) is 2.05. The molecule has 1 aromatic rings. The van der Waals surface area contributed by atoms with Gasteiger partial charge in [-0.15, -0.1) is 0 Å². The number of rotatable bonds is 2. The average Bonchev–Trinajstić information content (AvgIpc) is 2.81. The highest BCUT2D eigenvalue weighted by Gasteiger charge is 2.29. The number of hydrogen-bond acceptors (Lipinski definition) is 4. The number of hydrogen-bond donors (Lipinski definition) is 1. The minimum Gasteiger partial charge on any atom is -0.481 e. The largest absolute Gasteiger partial charge is 0.481 e. The molecule has 0 unspecified atom stereocenters. The molecule has 0 bridgehead atoms. The van der Waals surface area contributed by atoms with Crippen LogP contribution in [0.5, 0.6) is 0 Å². The highest BCUT2D eigenvalue weighted by atomic mass is 16.5. The van der Waals surface area contributed by atoms with Crippen molar-refractivity contribution in [3.8, 4) is 0 Å². The van der Waals surface area contributed by atoms with Crippen LogP contribution in [-0.2, 0) is 4.79 Å². The zero-order valence-electron chi connectivity index (χ0n) is 8.63. The molecule has 0 spiro atoms. The van der Waals surface area contributed by atoms with Crippen LogP contribution in [0.1, 0.15) is 23.4 Å². The van der Waals surface area contributed by atoms with Gasteiger partial charge in [0.25, 0.3) is 5.91 Å². The lowest BCUT2D eigenvalue weighted by Gasteiger charge is -2.29. The fourth-order valence-electron chi connectivity index (χ4n) is 1.85. The van der Waals surface area contributed by atoms with Gasteiger partial charge in [0.05, 0.1) is 12.1 Å². The van der Waals surface area contributed by atoms with E-state index < -0.39 is 11.9 Å². The Morgan fingerprint density at radius 2 is 2.38 bits per heavy atom. The quantitative estimate of drug-likeness (QED) is 0.795. The van der Waals surface area contributed by atoms with Crippen molar-refractivity contribution in [2.75, 3.05) is 13.1 Å². The van der Waals surface area contributed by atoms with Crippen molar-refractivity contribution in [2.24, 2.45) is 5.92 Å². The van der Waals surface area contributed by atoms with E-state index in [1.807, 2.05) is 0 Å². The van der Waals surface area contributed by atoms with E-state index >= 15 is 0 Å². The number of amides is 1. The van der Waals surface area contributed by atoms with E-state index in [2.05, 4.69) is 5.16 Å². The number of carboxylic acid groups (broad SMARTS) is 1. The van der Waals surface area contributed by atoms with Crippen LogP contribution in [-0.4, -0.2) is 40.1 Å². The number of carboxylic acids is 1. The molecule has 0 radical (unpaired) electrons. The van der Waals surface area contributed by atoms with Crippen molar-refractivity contribution in [1.82, 2.24) is 10.1 Å². The van der Waals surface area contributed by atoms with Crippen molar-refractivity contribution in [3.63, 3.8) is 0 Å². The SMILES string of the molecule is O=C(O)[C@H]1CCCN(C(=O)c2ccno2)C1. The van der Waals surface area contributed by atoms with Gasteiger partial charge in [-0.1, -0.05) is 5.16 Å². The highest BCUT2D eigenvalue weighted by Crippen LogP contribution is 2.18. The minimum absolute atomic E-state index is 0.158. The van der Waals surface area contributed by atoms with E-state index in [0.29, 0.717) is 19.4 Å². The van der Waals surface area contributed by atoms with Gasteiger partial charge in [0, 0.05) is 19.2 Å². The minimum atomic E-state index is -0.852. The summed E-state index contributed by atoms with van der Waals surface area (Å²) < 4.78 is 4.76. The van der Waals surface area contributed by atoms with Crippen molar-refractivity contribution >= 4 is 11.9 Å². The molecular formula is C10H12N2O4. The van der Waals surface area contributed by atoms with Crippen molar-refractivity contribution in [3.05, 3.63) is 18.0 Å². The van der Waals surface area contributed by atoms with Crippen LogP contribution in [0.3, 0.4) is 0 Å². The summed E-state index contributed by atoms with van der Waals surface area (Å²) in [6, 6.07) is 1.48. The van der Waals surface area contributed by atoms with Crippen LogP contribution >= 0.6 is 0 Å². The first-order valence-corrected chi connectivity index (χ1v) is 5.11. The molecule has 0 aromatic carbocycles. The van der Waals surface area contributed by atoms with Gasteiger partial charge in [0.2, 0.25) is 5.76 Å². The molecule has 1 atom stereocenters. The van der Waals surface area contributed by atoms with E-state index in [9.17, 15) is 9.59 Å². The Balaban J connectivity index is 2.05. The summed E-state index contributed by atoms with van der Waals surface area (Å²) in [5.74, 6) is -1.45. The molecule has 6 nitrogen and oxygen atoms in total. The first-order chi connectivity index (χ1) is 7.68. The van der Waals surface area contributed by atoms with Crippen LogP contribution in [0.15, 0.2) is 16.8 Å². The topological polar surface area (TPSA) is 83.6 Å². The summed E-state index contributed by atoms with van der Waals surface area (Å²) in [7, 11) is 0. The van der Waals surface area contributed by atoms with Gasteiger partial charge >= 0.3 is 5.97 Å². The first kappa shape index (κ1) is 10.7. The summed E-state index contributed by atoms with van der Waals surface area (Å²) in [6.07, 6.45) is 2.72. The molecule has 0 saturated carbocycles. The molecule has 1 aromatic heterocycles. The zero-order chi connectivity index (χ0) is 11.5. The maximum atomic E-state index is 11.8. The van der Waals surface area contributed by atoms with Crippen LogP contribution < -0.4 is 0 Å². The molecule has 2 heterocycles. The van der Waals surface area contributed by atoms with Gasteiger partial charge in [-0.3, -0.25) is 9.59 Å². The molecule has 1 amide bonds. The molecule has 2 rings (SSSR count). The Kier molecular flexibility index (Phi) is 2.89. The third-order valence-electron chi connectivity index (χ3n) is 2.71. The fraction of sp³-hybridized carbons (Fsp3) is 0.500. The lowest BCUT2D eigenvalue weighted by molar-refractivity contribution is -0.143. The third-order valence-corrected chi connectivity index (χ3v) is 2.71. The van der Waals surface area contributed by atoms with Crippen molar-refractivity contribution in [2.45, 2.75) is 12.8 Å². The number of aromatic nitrogens is 1. The molecule has 6 heteroatoms. The maximum absolute atomic E-state index is 11.8. The Morgan fingerprint density at radius 1 is 1.56 bits per heavy atom. The second-order valence-electron chi connectivity index (χ2n) is 3.81. The van der Waals surface area contributed by atoms with Gasteiger partial charge in [0.15, 0.2) is 0 Å². The number of piperidine rings is 1. The number of nitrogens with zero attached hydrogens (tertiary/aromatic N) is 2. The van der Waals surface area contributed by atoms with Crippen LogP contribution in [0.2, 0.25) is 0 Å². The Morgan fingerprint density at radius 3 is 3.00 bits per heavy atom. The summed E-state index contributed by atoms with van der Waals surface area (Å²) in [6.45, 7) is 0.818. The Labute approximate surface area is 91.8 Å². The van der Waals surface area contributed by atoms with E-state index in [0.717, 1.165) is 0 Å². The Hall–Kier alpha value is -1.85. The summed E-state index contributed by atoms with van der Waals surface area (Å²) in [5, 5.41) is 12.3. The van der Waals surface area contributed by atoms with E-state index in [1.54, 1.807) is 0 Å². The average molecular weight is 224 g/mol. The predicted octanol–water partition coefficient (Wildman–Crippen LogP) is 0.611. The summed E-state index contributed by atoms with van der Waals surface area (Å²) in [4.78, 5) is 24.2. The Bertz CT molecular complexity index is 388. The van der Waals surface area contributed by atoms with Gasteiger partial charge in [-0.05, 0) is 12.8 Å². The summed E-state index contributed by atoms with van der Waals surface area (Å²) >= 11 is 0. The van der Waals surface area contributed by atoms with E-state index in [4.69, 9.17) is 9.63 Å². The number of aliphatic carboxylic acids is 1. The van der Waals surface area contributed by atoms with E-state index in [-0.39, 0.29) is 18.2 Å². The van der Waals surface area contributed by atoms with Crippen LogP contribution in [0.4, 0.5) is 0 Å². The van der Waals surface area contributed by atoms with Gasteiger partial charge in [-0.2, -0.15) is 0 Å². The first-order valence-electron chi connectivity index (χ1n) is 5.11. The lowest BCUT2D eigenvalue weighted by Crippen LogP contribution is -2.42. The van der Waals surface area contributed by atoms with E-state index in [1.165, 1.54) is 17.2 Å². The molecule has 1 fully saturated rings. The second kappa shape index (κ2) is 4.34. The second-order valence-corrected chi connectivity index (χ2v) is 3.81. The number of carbonyl (C=O) groups excluding carboxylic acids is 1. The molecule has 1 saturated heterocycles. The predicted molar refractivity (Wildman–Crippen MR) is 52.8 cm³/mol. The maximum Gasteiger partial charge on any atom is 0.308 e. The van der Waals surface area contributed by atoms with Crippen LogP contribution in [0, 0.1) is 5.92 Å². The van der Waals surface area contributed by atoms with Gasteiger partial charge in [0.1, 0.15) is 0 Å². The fourth-order valence-corrected chi connectivity index (χ4v) is 1.85. The normalized spacial score (nSPS) is 20.8. The molecule has 16 heavy (non-hydrogen) atoms. The van der Waals surface area contributed by atoms with Crippen molar-refractivity contribution in [1.29, 1.82) is 0 Å². The highest BCUT2D eigenvalue weighted by molar-refractivity contribution is 5.91. The van der Waals surface area contributed by atoms with Crippen molar-refractivity contribution < 1.29 is 19.2 Å². The molecule has 0 aliphatic carbocycles. The molecular weight excluding hydrogens is 212 g/mol. The number of carbonyl (C=O) groups is 2. The van der Waals surface area contributed by atoms with Gasteiger partial charge < -0.3 is 14.5 Å². The summed E-state index contributed by atoms with van der Waals surface area (Å²) in [5.41, 5.74) is 0. The molecule has 86 valence electrons. The number of likely N-dealkylation sites (tertiary alicyclic amines) is 1. The standard InChI is InChI=1S/C10H12N2O4/c13-9(8-3-4-11-16-8)12-5-1-2-7(6-12)10(14)15/h3-4,7H,1-2,5-6H2,(H,14,15)/t7-/m0/s1. The smallest absolute Gasteiger partial charge is 0.308 e. The zero-order valence-corrected chi connectivity index (χ0v) is 8.63. The lowest BCUT2D eigenvalue weighted by atomic mass is 9.98. The molecule has 1 aliphatic rings. The molecule has 1 aliphatic heterocycles. The van der Waals surface area contributed by atoms with Gasteiger partial charge in [-0.25, -0.2) is 0 Å². The van der Waals surface area contributed by atoms with Crippen LogP contribution in [0.25, 0.3) is 0 Å². The monoisotopic (exact) mass is 224 g/mol. The molecule has 1 N–H and O–H groups in total.